The highest BCUT2D eigenvalue weighted by atomic mass is 16.6. The van der Waals surface area contributed by atoms with E-state index in [0.29, 0.717) is 11.3 Å². The molecule has 1 aromatic carbocycles. The third-order valence-electron chi connectivity index (χ3n) is 2.76. The first kappa shape index (κ1) is 13.4. The van der Waals surface area contributed by atoms with Crippen molar-refractivity contribution in [2.75, 3.05) is 11.9 Å². The zero-order valence-electron chi connectivity index (χ0n) is 10.3. The van der Waals surface area contributed by atoms with Crippen LogP contribution in [0.3, 0.4) is 0 Å². The second-order valence-electron chi connectivity index (χ2n) is 4.44. The van der Waals surface area contributed by atoms with Gasteiger partial charge in [-0.15, -0.1) is 0 Å². The van der Waals surface area contributed by atoms with Gasteiger partial charge in [-0.2, -0.15) is 0 Å². The molecular formula is C12H18N2O3. The fourth-order valence-electron chi connectivity index (χ4n) is 1.53. The van der Waals surface area contributed by atoms with Gasteiger partial charge in [0.2, 0.25) is 0 Å². The molecule has 0 saturated carbocycles. The van der Waals surface area contributed by atoms with Gasteiger partial charge in [-0.1, -0.05) is 19.9 Å². The van der Waals surface area contributed by atoms with Crippen LogP contribution in [0.4, 0.5) is 11.4 Å². The lowest BCUT2D eigenvalue weighted by Crippen LogP contribution is -2.29. The molecule has 5 heteroatoms. The van der Waals surface area contributed by atoms with Gasteiger partial charge in [-0.05, 0) is 18.9 Å². The molecule has 1 atom stereocenters. The first-order chi connectivity index (χ1) is 7.95. The van der Waals surface area contributed by atoms with Crippen LogP contribution in [-0.4, -0.2) is 22.7 Å². The van der Waals surface area contributed by atoms with E-state index in [-0.39, 0.29) is 24.3 Å². The number of aryl methyl sites for hydroxylation is 1. The van der Waals surface area contributed by atoms with Crippen LogP contribution < -0.4 is 5.32 Å². The summed E-state index contributed by atoms with van der Waals surface area (Å²) < 4.78 is 0. The van der Waals surface area contributed by atoms with Crippen LogP contribution >= 0.6 is 0 Å². The maximum Gasteiger partial charge on any atom is 0.274 e. The van der Waals surface area contributed by atoms with Crippen LogP contribution in [0.25, 0.3) is 0 Å². The molecule has 5 nitrogen and oxygen atoms in total. The van der Waals surface area contributed by atoms with Crippen molar-refractivity contribution in [3.8, 4) is 0 Å². The number of aliphatic hydroxyl groups is 1. The Labute approximate surface area is 101 Å². The Morgan fingerprint density at radius 3 is 2.59 bits per heavy atom. The van der Waals surface area contributed by atoms with Gasteiger partial charge in [-0.3, -0.25) is 10.1 Å². The van der Waals surface area contributed by atoms with Crippen LogP contribution in [0.5, 0.6) is 0 Å². The Bertz CT molecular complexity index is 405. The van der Waals surface area contributed by atoms with Crippen molar-refractivity contribution in [3.63, 3.8) is 0 Å². The lowest BCUT2D eigenvalue weighted by molar-refractivity contribution is -0.385. The molecular weight excluding hydrogens is 220 g/mol. The van der Waals surface area contributed by atoms with Crippen LogP contribution in [0, 0.1) is 23.0 Å². The molecule has 0 amide bonds. The van der Waals surface area contributed by atoms with Crippen molar-refractivity contribution < 1.29 is 10.0 Å². The number of nitrogens with one attached hydrogen (secondary N) is 1. The summed E-state index contributed by atoms with van der Waals surface area (Å²) in [6.45, 7) is 5.67. The molecule has 0 heterocycles. The molecule has 2 N–H and O–H groups in total. The van der Waals surface area contributed by atoms with Crippen molar-refractivity contribution in [2.24, 2.45) is 5.92 Å². The highest BCUT2D eigenvalue weighted by molar-refractivity contribution is 5.55. The first-order valence-electron chi connectivity index (χ1n) is 5.58. The largest absolute Gasteiger partial charge is 0.394 e. The average Bonchev–Trinajstić information content (AvgIpc) is 2.27. The second kappa shape index (κ2) is 5.63. The normalized spacial score (nSPS) is 12.5. The number of nitro benzene ring substituents is 1. The third-order valence-corrected chi connectivity index (χ3v) is 2.76. The van der Waals surface area contributed by atoms with Crippen LogP contribution in [0.1, 0.15) is 19.4 Å². The van der Waals surface area contributed by atoms with E-state index in [9.17, 15) is 15.2 Å². The summed E-state index contributed by atoms with van der Waals surface area (Å²) in [5, 5.41) is 23.1. The van der Waals surface area contributed by atoms with E-state index in [4.69, 9.17) is 0 Å². The summed E-state index contributed by atoms with van der Waals surface area (Å²) in [6.07, 6.45) is 0. The van der Waals surface area contributed by atoms with E-state index < -0.39 is 4.92 Å². The Hall–Kier alpha value is -1.62. The Kier molecular flexibility index (Phi) is 4.45. The zero-order valence-corrected chi connectivity index (χ0v) is 10.3. The maximum absolute atomic E-state index is 10.8. The molecule has 0 aliphatic heterocycles. The molecule has 0 spiro atoms. The van der Waals surface area contributed by atoms with E-state index in [1.54, 1.807) is 19.1 Å². The van der Waals surface area contributed by atoms with E-state index in [1.165, 1.54) is 6.07 Å². The highest BCUT2D eigenvalue weighted by Gasteiger charge is 2.15. The monoisotopic (exact) mass is 238 g/mol. The SMILES string of the molecule is Cc1ccc(N[C@H](CO)C(C)C)cc1[N+](=O)[O-]. The van der Waals surface area contributed by atoms with Crippen LogP contribution in [0.15, 0.2) is 18.2 Å². The van der Waals surface area contributed by atoms with Crippen LogP contribution in [0.2, 0.25) is 0 Å². The van der Waals surface area contributed by atoms with Gasteiger partial charge in [-0.25, -0.2) is 0 Å². The number of nitrogens with zero attached hydrogens (tertiary/aromatic N) is 1. The fraction of sp³-hybridized carbons (Fsp3) is 0.500. The third kappa shape index (κ3) is 3.42. The van der Waals surface area contributed by atoms with Crippen molar-refractivity contribution in [1.29, 1.82) is 0 Å². The minimum atomic E-state index is -0.399. The highest BCUT2D eigenvalue weighted by Crippen LogP contribution is 2.23. The molecule has 1 rings (SSSR count). The van der Waals surface area contributed by atoms with Crippen molar-refractivity contribution in [3.05, 3.63) is 33.9 Å². The summed E-state index contributed by atoms with van der Waals surface area (Å²) in [7, 11) is 0. The summed E-state index contributed by atoms with van der Waals surface area (Å²) in [6, 6.07) is 4.89. The number of hydrogen-bond acceptors (Lipinski definition) is 4. The van der Waals surface area contributed by atoms with E-state index in [0.717, 1.165) is 0 Å². The quantitative estimate of drug-likeness (QED) is 0.609. The number of hydrogen-bond donors (Lipinski definition) is 2. The molecule has 17 heavy (non-hydrogen) atoms. The zero-order chi connectivity index (χ0) is 13.0. The second-order valence-corrected chi connectivity index (χ2v) is 4.44. The van der Waals surface area contributed by atoms with Crippen molar-refractivity contribution in [2.45, 2.75) is 26.8 Å². The Morgan fingerprint density at radius 1 is 1.47 bits per heavy atom. The molecule has 0 fully saturated rings. The number of benzene rings is 1. The Morgan fingerprint density at radius 2 is 2.12 bits per heavy atom. The summed E-state index contributed by atoms with van der Waals surface area (Å²) in [5.74, 6) is 0.250. The molecule has 0 bridgehead atoms. The minimum Gasteiger partial charge on any atom is -0.394 e. The molecule has 0 saturated heterocycles. The van der Waals surface area contributed by atoms with Gasteiger partial charge >= 0.3 is 0 Å². The summed E-state index contributed by atoms with van der Waals surface area (Å²) in [5.41, 5.74) is 1.39. The molecule has 0 radical (unpaired) electrons. The standard InChI is InChI=1S/C12H18N2O3/c1-8(2)11(7-15)13-10-5-4-9(3)12(6-10)14(16)17/h4-6,8,11,13,15H,7H2,1-3H3/t11-/m1/s1. The van der Waals surface area contributed by atoms with Gasteiger partial charge in [0.05, 0.1) is 17.6 Å². The number of aliphatic hydroxyl groups excluding tert-OH is 1. The summed E-state index contributed by atoms with van der Waals surface area (Å²) in [4.78, 5) is 10.4. The molecule has 1 aromatic rings. The predicted molar refractivity (Wildman–Crippen MR) is 67.2 cm³/mol. The average molecular weight is 238 g/mol. The van der Waals surface area contributed by atoms with Gasteiger partial charge in [0.25, 0.3) is 5.69 Å². The van der Waals surface area contributed by atoms with Gasteiger partial charge < -0.3 is 10.4 Å². The van der Waals surface area contributed by atoms with E-state index in [2.05, 4.69) is 5.32 Å². The maximum atomic E-state index is 10.8. The topological polar surface area (TPSA) is 75.4 Å². The van der Waals surface area contributed by atoms with Gasteiger partial charge in [0, 0.05) is 17.3 Å². The molecule has 0 unspecified atom stereocenters. The number of rotatable bonds is 5. The van der Waals surface area contributed by atoms with Gasteiger partial charge in [0.15, 0.2) is 0 Å². The van der Waals surface area contributed by atoms with Crippen LogP contribution in [-0.2, 0) is 0 Å². The predicted octanol–water partition coefficient (Wildman–Crippen LogP) is 2.33. The fourth-order valence-corrected chi connectivity index (χ4v) is 1.53. The van der Waals surface area contributed by atoms with Gasteiger partial charge in [0.1, 0.15) is 0 Å². The molecule has 0 aliphatic carbocycles. The number of anilines is 1. The lowest BCUT2D eigenvalue weighted by Gasteiger charge is -2.21. The number of nitro groups is 1. The smallest absolute Gasteiger partial charge is 0.274 e. The van der Waals surface area contributed by atoms with Crippen molar-refractivity contribution >= 4 is 11.4 Å². The summed E-state index contributed by atoms with van der Waals surface area (Å²) >= 11 is 0. The van der Waals surface area contributed by atoms with E-state index >= 15 is 0 Å². The van der Waals surface area contributed by atoms with Crippen molar-refractivity contribution in [1.82, 2.24) is 0 Å². The molecule has 0 aromatic heterocycles. The lowest BCUT2D eigenvalue weighted by atomic mass is 10.0. The molecule has 0 aliphatic rings. The minimum absolute atomic E-state index is 0.000654. The van der Waals surface area contributed by atoms with E-state index in [1.807, 2.05) is 13.8 Å². The molecule has 94 valence electrons. The first-order valence-corrected chi connectivity index (χ1v) is 5.58. The Balaban J connectivity index is 2.92.